The number of nitrogens with one attached hydrogen (secondary N) is 1. The van der Waals surface area contributed by atoms with Crippen molar-refractivity contribution in [3.63, 3.8) is 0 Å². The topological polar surface area (TPSA) is 64.6 Å². The van der Waals surface area contributed by atoms with E-state index < -0.39 is 11.9 Å². The Morgan fingerprint density at radius 3 is 2.52 bits per heavy atom. The highest BCUT2D eigenvalue weighted by Gasteiger charge is 2.07. The SMILES string of the molecule is COc1ccccc1/C=C/C(=O)OCC(=O)Nc1ccc2ccccc2c1. The van der Waals surface area contributed by atoms with E-state index in [9.17, 15) is 9.59 Å². The van der Waals surface area contributed by atoms with E-state index in [1.165, 1.54) is 6.08 Å². The molecule has 0 bridgehead atoms. The van der Waals surface area contributed by atoms with Crippen LogP contribution in [0, 0.1) is 0 Å². The van der Waals surface area contributed by atoms with E-state index in [1.807, 2.05) is 60.7 Å². The quantitative estimate of drug-likeness (QED) is 0.531. The van der Waals surface area contributed by atoms with Crippen molar-refractivity contribution >= 4 is 34.4 Å². The summed E-state index contributed by atoms with van der Waals surface area (Å²) in [5.74, 6) is -0.352. The summed E-state index contributed by atoms with van der Waals surface area (Å²) < 4.78 is 10.2. The maximum atomic E-state index is 12.0. The van der Waals surface area contributed by atoms with Gasteiger partial charge >= 0.3 is 5.97 Å². The minimum atomic E-state index is -0.602. The van der Waals surface area contributed by atoms with E-state index in [2.05, 4.69) is 5.32 Å². The lowest BCUT2D eigenvalue weighted by molar-refractivity contribution is -0.142. The fourth-order valence-corrected chi connectivity index (χ4v) is 2.61. The summed E-state index contributed by atoms with van der Waals surface area (Å²) in [4.78, 5) is 23.8. The first kappa shape index (κ1) is 18.2. The molecule has 0 fully saturated rings. The van der Waals surface area contributed by atoms with Crippen LogP contribution in [-0.2, 0) is 14.3 Å². The Balaban J connectivity index is 1.53. The lowest BCUT2D eigenvalue weighted by Gasteiger charge is -2.07. The Bertz CT molecular complexity index is 994. The van der Waals surface area contributed by atoms with Crippen LogP contribution in [0.2, 0.25) is 0 Å². The van der Waals surface area contributed by atoms with E-state index in [1.54, 1.807) is 19.3 Å². The number of esters is 1. The van der Waals surface area contributed by atoms with Crippen LogP contribution in [0.25, 0.3) is 16.8 Å². The predicted octanol–water partition coefficient (Wildman–Crippen LogP) is 4.04. The number of ether oxygens (including phenoxy) is 2. The van der Waals surface area contributed by atoms with Crippen molar-refractivity contribution in [2.75, 3.05) is 19.0 Å². The molecule has 0 aromatic heterocycles. The Labute approximate surface area is 157 Å². The Hall–Kier alpha value is -3.60. The third-order valence-electron chi connectivity index (χ3n) is 3.92. The van der Waals surface area contributed by atoms with Gasteiger partial charge in [-0.1, -0.05) is 48.5 Å². The molecule has 27 heavy (non-hydrogen) atoms. The number of hydrogen-bond acceptors (Lipinski definition) is 4. The van der Waals surface area contributed by atoms with Gasteiger partial charge in [0.2, 0.25) is 0 Å². The van der Waals surface area contributed by atoms with Gasteiger partial charge in [-0.2, -0.15) is 0 Å². The second kappa shape index (κ2) is 8.67. The average Bonchev–Trinajstić information content (AvgIpc) is 2.70. The van der Waals surface area contributed by atoms with E-state index >= 15 is 0 Å². The maximum Gasteiger partial charge on any atom is 0.331 e. The first-order valence-electron chi connectivity index (χ1n) is 8.42. The molecule has 5 heteroatoms. The van der Waals surface area contributed by atoms with Crippen LogP contribution in [0.1, 0.15) is 5.56 Å². The van der Waals surface area contributed by atoms with Gasteiger partial charge in [-0.15, -0.1) is 0 Å². The molecule has 1 N–H and O–H groups in total. The lowest BCUT2D eigenvalue weighted by atomic mass is 10.1. The van der Waals surface area contributed by atoms with Crippen molar-refractivity contribution in [1.29, 1.82) is 0 Å². The number of fused-ring (bicyclic) bond motifs is 1. The molecule has 3 aromatic carbocycles. The highest BCUT2D eigenvalue weighted by Crippen LogP contribution is 2.19. The summed E-state index contributed by atoms with van der Waals surface area (Å²) in [5, 5.41) is 4.83. The summed E-state index contributed by atoms with van der Waals surface area (Å²) in [6.45, 7) is -0.359. The second-order valence-corrected chi connectivity index (χ2v) is 5.79. The van der Waals surface area contributed by atoms with E-state index in [0.717, 1.165) is 16.3 Å². The van der Waals surface area contributed by atoms with Gasteiger partial charge in [-0.25, -0.2) is 4.79 Å². The molecule has 0 radical (unpaired) electrons. The smallest absolute Gasteiger partial charge is 0.331 e. The Morgan fingerprint density at radius 1 is 0.963 bits per heavy atom. The van der Waals surface area contributed by atoms with E-state index in [-0.39, 0.29) is 6.61 Å². The molecule has 1 amide bonds. The van der Waals surface area contributed by atoms with Gasteiger partial charge in [-0.05, 0) is 35.0 Å². The zero-order valence-corrected chi connectivity index (χ0v) is 14.8. The number of carbonyl (C=O) groups excluding carboxylic acids is 2. The van der Waals surface area contributed by atoms with Gasteiger partial charge in [0.1, 0.15) is 5.75 Å². The maximum absolute atomic E-state index is 12.0. The van der Waals surface area contributed by atoms with Gasteiger partial charge < -0.3 is 14.8 Å². The van der Waals surface area contributed by atoms with Crippen LogP contribution < -0.4 is 10.1 Å². The van der Waals surface area contributed by atoms with Crippen LogP contribution in [0.3, 0.4) is 0 Å². The molecule has 0 spiro atoms. The highest BCUT2D eigenvalue weighted by atomic mass is 16.5. The minimum absolute atomic E-state index is 0.359. The average molecular weight is 361 g/mol. The first-order valence-corrected chi connectivity index (χ1v) is 8.42. The summed E-state index contributed by atoms with van der Waals surface area (Å²) in [5.41, 5.74) is 1.40. The summed E-state index contributed by atoms with van der Waals surface area (Å²) >= 11 is 0. The van der Waals surface area contributed by atoms with Crippen LogP contribution in [0.15, 0.2) is 72.8 Å². The molecule has 0 unspecified atom stereocenters. The number of para-hydroxylation sites is 1. The molecule has 0 aliphatic carbocycles. The summed E-state index contributed by atoms with van der Waals surface area (Å²) in [7, 11) is 1.56. The molecular weight excluding hydrogens is 342 g/mol. The third-order valence-corrected chi connectivity index (χ3v) is 3.92. The Kier molecular flexibility index (Phi) is 5.84. The molecule has 0 saturated carbocycles. The number of rotatable bonds is 6. The molecule has 0 atom stereocenters. The number of carbonyl (C=O) groups is 2. The molecule has 136 valence electrons. The van der Waals surface area contributed by atoms with Gasteiger partial charge in [0.05, 0.1) is 7.11 Å². The molecule has 0 aliphatic heterocycles. The number of amides is 1. The second-order valence-electron chi connectivity index (χ2n) is 5.79. The van der Waals surface area contributed by atoms with Crippen LogP contribution in [0.5, 0.6) is 5.75 Å². The number of benzene rings is 3. The molecule has 0 saturated heterocycles. The predicted molar refractivity (Wildman–Crippen MR) is 106 cm³/mol. The van der Waals surface area contributed by atoms with Crippen LogP contribution in [0.4, 0.5) is 5.69 Å². The zero-order chi connectivity index (χ0) is 19.1. The van der Waals surface area contributed by atoms with Gasteiger partial charge in [0, 0.05) is 17.3 Å². The van der Waals surface area contributed by atoms with Crippen molar-refractivity contribution in [1.82, 2.24) is 0 Å². The monoisotopic (exact) mass is 361 g/mol. The fraction of sp³-hybridized carbons (Fsp3) is 0.0909. The third kappa shape index (κ3) is 4.95. The van der Waals surface area contributed by atoms with Crippen LogP contribution >= 0.6 is 0 Å². The lowest BCUT2D eigenvalue weighted by Crippen LogP contribution is -2.20. The van der Waals surface area contributed by atoms with Crippen LogP contribution in [-0.4, -0.2) is 25.6 Å². The normalized spacial score (nSPS) is 10.7. The van der Waals surface area contributed by atoms with Gasteiger partial charge in [-0.3, -0.25) is 4.79 Å². The first-order chi connectivity index (χ1) is 13.2. The van der Waals surface area contributed by atoms with Crippen molar-refractivity contribution in [3.8, 4) is 5.75 Å². The molecule has 5 nitrogen and oxygen atoms in total. The molecule has 3 rings (SSSR count). The molecule has 0 aliphatic rings. The molecular formula is C22H19NO4. The summed E-state index contributed by atoms with van der Waals surface area (Å²) in [6.07, 6.45) is 2.85. The van der Waals surface area contributed by atoms with Crippen molar-refractivity contribution < 1.29 is 19.1 Å². The molecule has 0 heterocycles. The van der Waals surface area contributed by atoms with Crippen molar-refractivity contribution in [2.45, 2.75) is 0 Å². The Morgan fingerprint density at radius 2 is 1.70 bits per heavy atom. The largest absolute Gasteiger partial charge is 0.496 e. The summed E-state index contributed by atoms with van der Waals surface area (Å²) in [6, 6.07) is 20.7. The molecule has 3 aromatic rings. The van der Waals surface area contributed by atoms with Crippen molar-refractivity contribution in [3.05, 3.63) is 78.4 Å². The van der Waals surface area contributed by atoms with E-state index in [4.69, 9.17) is 9.47 Å². The fourth-order valence-electron chi connectivity index (χ4n) is 2.61. The highest BCUT2D eigenvalue weighted by molar-refractivity contribution is 5.96. The number of anilines is 1. The minimum Gasteiger partial charge on any atom is -0.496 e. The van der Waals surface area contributed by atoms with Gasteiger partial charge in [0.15, 0.2) is 6.61 Å². The van der Waals surface area contributed by atoms with Crippen molar-refractivity contribution in [2.24, 2.45) is 0 Å². The number of methoxy groups -OCH3 is 1. The zero-order valence-electron chi connectivity index (χ0n) is 14.8. The van der Waals surface area contributed by atoms with Gasteiger partial charge in [0.25, 0.3) is 5.91 Å². The standard InChI is InChI=1S/C22H19NO4/c1-26-20-9-5-4-7-17(20)11-13-22(25)27-15-21(24)23-19-12-10-16-6-2-3-8-18(16)14-19/h2-14H,15H2,1H3,(H,23,24)/b13-11+. The number of hydrogen-bond donors (Lipinski definition) is 1. The van der Waals surface area contributed by atoms with E-state index in [0.29, 0.717) is 11.4 Å².